The topological polar surface area (TPSA) is 106 Å². The molecule has 0 bridgehead atoms. The van der Waals surface area contributed by atoms with Gasteiger partial charge >= 0.3 is 6.09 Å². The predicted octanol–water partition coefficient (Wildman–Crippen LogP) is 3.41. The minimum Gasteiger partial charge on any atom is -0.483 e. The van der Waals surface area contributed by atoms with Crippen LogP contribution in [0.15, 0.2) is 48.5 Å². The lowest BCUT2D eigenvalue weighted by atomic mass is 10.1. The Morgan fingerprint density at radius 3 is 2.22 bits per heavy atom. The lowest BCUT2D eigenvalue weighted by molar-refractivity contribution is -0.123. The zero-order chi connectivity index (χ0) is 23.6. The first-order valence-electron chi connectivity index (χ1n) is 10.5. The van der Waals surface area contributed by atoms with E-state index in [4.69, 9.17) is 9.47 Å². The maximum absolute atomic E-state index is 12.2. The average molecular weight is 442 g/mol. The first-order valence-corrected chi connectivity index (χ1v) is 10.5. The molecule has 0 aliphatic rings. The van der Waals surface area contributed by atoms with Gasteiger partial charge in [-0.1, -0.05) is 43.3 Å². The molecule has 0 spiro atoms. The van der Waals surface area contributed by atoms with Crippen molar-refractivity contribution >= 4 is 23.6 Å². The molecule has 172 valence electrons. The molecule has 0 aliphatic carbocycles. The van der Waals surface area contributed by atoms with Crippen molar-refractivity contribution < 1.29 is 23.9 Å². The molecule has 2 aromatic rings. The molecule has 0 aliphatic heterocycles. The van der Waals surface area contributed by atoms with Crippen LogP contribution in [-0.2, 0) is 27.3 Å². The summed E-state index contributed by atoms with van der Waals surface area (Å²) in [6, 6.07) is 14.7. The van der Waals surface area contributed by atoms with Gasteiger partial charge in [-0.05, 0) is 50.5 Å². The second-order valence-corrected chi connectivity index (χ2v) is 8.09. The number of anilines is 1. The molecule has 2 aromatic carbocycles. The summed E-state index contributed by atoms with van der Waals surface area (Å²) in [6.45, 7) is 7.12. The van der Waals surface area contributed by atoms with Crippen molar-refractivity contribution in [2.24, 2.45) is 0 Å². The Balaban J connectivity index is 1.84. The number of amides is 3. The zero-order valence-electron chi connectivity index (χ0n) is 19.0. The number of nitrogens with one attached hydrogen (secondary N) is 3. The Morgan fingerprint density at radius 2 is 1.53 bits per heavy atom. The molecule has 8 nitrogen and oxygen atoms in total. The number of ether oxygens (including phenoxy) is 2. The van der Waals surface area contributed by atoms with Crippen LogP contribution < -0.4 is 20.7 Å². The van der Waals surface area contributed by atoms with Crippen molar-refractivity contribution in [2.75, 3.05) is 18.5 Å². The highest BCUT2D eigenvalue weighted by atomic mass is 16.6. The van der Waals surface area contributed by atoms with Gasteiger partial charge in [-0.25, -0.2) is 4.79 Å². The summed E-state index contributed by atoms with van der Waals surface area (Å²) < 4.78 is 10.7. The smallest absolute Gasteiger partial charge is 0.408 e. The van der Waals surface area contributed by atoms with Crippen molar-refractivity contribution in [1.29, 1.82) is 0 Å². The number of rotatable bonds is 9. The van der Waals surface area contributed by atoms with Crippen LogP contribution in [0.25, 0.3) is 0 Å². The Kier molecular flexibility index (Phi) is 9.07. The molecule has 0 aromatic heterocycles. The largest absolute Gasteiger partial charge is 0.483 e. The van der Waals surface area contributed by atoms with E-state index in [9.17, 15) is 14.4 Å². The third kappa shape index (κ3) is 8.67. The normalized spacial score (nSPS) is 10.8. The van der Waals surface area contributed by atoms with E-state index in [1.807, 2.05) is 37.3 Å². The van der Waals surface area contributed by atoms with Gasteiger partial charge in [0, 0.05) is 12.2 Å². The van der Waals surface area contributed by atoms with Crippen LogP contribution in [0.5, 0.6) is 5.75 Å². The highest BCUT2D eigenvalue weighted by Crippen LogP contribution is 2.18. The molecule has 0 saturated heterocycles. The molecular weight excluding hydrogens is 410 g/mol. The van der Waals surface area contributed by atoms with Gasteiger partial charge in [0.15, 0.2) is 6.61 Å². The van der Waals surface area contributed by atoms with Crippen LogP contribution >= 0.6 is 0 Å². The number of benzene rings is 2. The van der Waals surface area contributed by atoms with Gasteiger partial charge in [0.05, 0.1) is 0 Å². The molecule has 0 saturated carbocycles. The van der Waals surface area contributed by atoms with Crippen LogP contribution in [0, 0.1) is 0 Å². The van der Waals surface area contributed by atoms with Crippen LogP contribution in [-0.4, -0.2) is 36.7 Å². The lowest BCUT2D eigenvalue weighted by Gasteiger charge is -2.19. The number of carbonyl (C=O) groups excluding carboxylic acids is 3. The van der Waals surface area contributed by atoms with E-state index in [1.54, 1.807) is 39.0 Å². The van der Waals surface area contributed by atoms with Gasteiger partial charge in [0.1, 0.15) is 17.9 Å². The average Bonchev–Trinajstić information content (AvgIpc) is 2.74. The fourth-order valence-electron chi connectivity index (χ4n) is 2.78. The van der Waals surface area contributed by atoms with E-state index in [-0.39, 0.29) is 25.6 Å². The number of alkyl carbamates (subject to hydrolysis) is 1. The van der Waals surface area contributed by atoms with Crippen LogP contribution in [0.1, 0.15) is 38.8 Å². The van der Waals surface area contributed by atoms with Crippen LogP contribution in [0.3, 0.4) is 0 Å². The molecule has 0 atom stereocenters. The summed E-state index contributed by atoms with van der Waals surface area (Å²) in [5.41, 5.74) is 1.66. The number of para-hydroxylation sites is 2. The van der Waals surface area contributed by atoms with Crippen LogP contribution in [0.2, 0.25) is 0 Å². The highest BCUT2D eigenvalue weighted by molar-refractivity contribution is 5.94. The monoisotopic (exact) mass is 441 g/mol. The van der Waals surface area contributed by atoms with E-state index >= 15 is 0 Å². The van der Waals surface area contributed by atoms with E-state index in [0.29, 0.717) is 11.4 Å². The first kappa shape index (κ1) is 24.7. The third-order valence-electron chi connectivity index (χ3n) is 4.27. The van der Waals surface area contributed by atoms with Crippen molar-refractivity contribution in [3.63, 3.8) is 0 Å². The van der Waals surface area contributed by atoms with E-state index in [1.165, 1.54) is 0 Å². The van der Waals surface area contributed by atoms with Gasteiger partial charge in [0.2, 0.25) is 5.91 Å². The second-order valence-electron chi connectivity index (χ2n) is 8.09. The van der Waals surface area contributed by atoms with Gasteiger partial charge in [-0.3, -0.25) is 9.59 Å². The molecular formula is C24H31N3O5. The molecule has 8 heteroatoms. The van der Waals surface area contributed by atoms with Crippen molar-refractivity contribution in [1.82, 2.24) is 10.6 Å². The minimum absolute atomic E-state index is 0.106. The Hall–Kier alpha value is -3.55. The molecule has 3 N–H and O–H groups in total. The van der Waals surface area contributed by atoms with Gasteiger partial charge in [-0.15, -0.1) is 0 Å². The van der Waals surface area contributed by atoms with Crippen LogP contribution in [0.4, 0.5) is 10.5 Å². The minimum atomic E-state index is -0.669. The summed E-state index contributed by atoms with van der Waals surface area (Å²) in [7, 11) is 0. The Bertz CT molecular complexity index is 937. The molecule has 0 fully saturated rings. The standard InChI is InChI=1S/C24H31N3O5/c1-5-17-10-7-9-13-20(17)31-16-22(29)25-14-18-11-6-8-12-19(18)27-21(28)15-26-23(30)32-24(2,3)4/h6-13H,5,14-16H2,1-4H3,(H,25,29)(H,26,30)(H,27,28). The molecule has 32 heavy (non-hydrogen) atoms. The van der Waals surface area contributed by atoms with Gasteiger partial charge in [0.25, 0.3) is 5.91 Å². The SMILES string of the molecule is CCc1ccccc1OCC(=O)NCc1ccccc1NC(=O)CNC(=O)OC(C)(C)C. The highest BCUT2D eigenvalue weighted by Gasteiger charge is 2.17. The maximum Gasteiger partial charge on any atom is 0.408 e. The van der Waals surface area contributed by atoms with Gasteiger partial charge in [-0.2, -0.15) is 0 Å². The zero-order valence-corrected chi connectivity index (χ0v) is 19.0. The van der Waals surface area contributed by atoms with E-state index in [2.05, 4.69) is 16.0 Å². The quantitative estimate of drug-likeness (QED) is 0.553. The first-order chi connectivity index (χ1) is 15.2. The summed E-state index contributed by atoms with van der Waals surface area (Å²) in [5, 5.41) is 7.94. The summed E-state index contributed by atoms with van der Waals surface area (Å²) >= 11 is 0. The third-order valence-corrected chi connectivity index (χ3v) is 4.27. The maximum atomic E-state index is 12.2. The lowest BCUT2D eigenvalue weighted by Crippen LogP contribution is -2.37. The number of hydrogen-bond donors (Lipinski definition) is 3. The second kappa shape index (κ2) is 11.7. The summed E-state index contributed by atoms with van der Waals surface area (Å²) in [6.07, 6.45) is 0.144. The summed E-state index contributed by atoms with van der Waals surface area (Å²) in [4.78, 5) is 36.1. The predicted molar refractivity (Wildman–Crippen MR) is 122 cm³/mol. The summed E-state index contributed by atoms with van der Waals surface area (Å²) in [5.74, 6) is 0.00747. The molecule has 0 radical (unpaired) electrons. The van der Waals surface area contributed by atoms with Crippen molar-refractivity contribution in [2.45, 2.75) is 46.3 Å². The molecule has 0 unspecified atom stereocenters. The Morgan fingerprint density at radius 1 is 0.875 bits per heavy atom. The van der Waals surface area contributed by atoms with E-state index < -0.39 is 17.6 Å². The molecule has 2 rings (SSSR count). The van der Waals surface area contributed by atoms with E-state index in [0.717, 1.165) is 17.5 Å². The van der Waals surface area contributed by atoms with Gasteiger partial charge < -0.3 is 25.4 Å². The van der Waals surface area contributed by atoms with Crippen molar-refractivity contribution in [3.8, 4) is 5.75 Å². The Labute approximate surface area is 188 Å². The molecule has 0 heterocycles. The fraction of sp³-hybridized carbons (Fsp3) is 0.375. The molecule has 3 amide bonds. The van der Waals surface area contributed by atoms with Crippen molar-refractivity contribution in [3.05, 3.63) is 59.7 Å². The fourth-order valence-corrected chi connectivity index (χ4v) is 2.78. The number of hydrogen-bond acceptors (Lipinski definition) is 5. The number of carbonyl (C=O) groups is 3. The number of aryl methyl sites for hydroxylation is 1.